The second-order valence-corrected chi connectivity index (χ2v) is 5.78. The van der Waals surface area contributed by atoms with Crippen LogP contribution in [-0.2, 0) is 6.61 Å². The van der Waals surface area contributed by atoms with Crippen molar-refractivity contribution < 1.29 is 19.1 Å². The molecule has 0 fully saturated rings. The van der Waals surface area contributed by atoms with Crippen LogP contribution in [0.4, 0.5) is 5.69 Å². The van der Waals surface area contributed by atoms with Gasteiger partial charge in [0.15, 0.2) is 23.1 Å². The average Bonchev–Trinajstić information content (AvgIpc) is 3.20. The number of hydrogen-bond donors (Lipinski definition) is 2. The van der Waals surface area contributed by atoms with Gasteiger partial charge in [0.2, 0.25) is 0 Å². The van der Waals surface area contributed by atoms with Crippen LogP contribution < -0.4 is 19.9 Å². The fourth-order valence-corrected chi connectivity index (χ4v) is 2.55. The number of aromatic amines is 1. The Kier molecular flexibility index (Phi) is 5.70. The molecule has 28 heavy (non-hydrogen) atoms. The number of nitro groups is 1. The van der Waals surface area contributed by atoms with E-state index >= 15 is 0 Å². The summed E-state index contributed by atoms with van der Waals surface area (Å²) in [5.41, 5.74) is 6.95. The van der Waals surface area contributed by atoms with Gasteiger partial charge in [0, 0.05) is 6.07 Å². The highest BCUT2D eigenvalue weighted by atomic mass is 16.6. The monoisotopic (exact) mass is 385 g/mol. The highest BCUT2D eigenvalue weighted by Crippen LogP contribution is 2.30. The minimum absolute atomic E-state index is 0.0498. The van der Waals surface area contributed by atoms with Crippen LogP contribution in [-0.4, -0.2) is 34.3 Å². The van der Waals surface area contributed by atoms with Crippen molar-refractivity contribution in [3.05, 3.63) is 69.8 Å². The molecule has 3 N–H and O–H groups in total. The van der Waals surface area contributed by atoms with Gasteiger partial charge in [-0.25, -0.2) is 4.98 Å². The number of benzene rings is 2. The molecule has 0 amide bonds. The SMILES string of the molecule is COc1ccc([C@H](N)c2n[nH]c(COc3cccc([N+](=O)[O-])c3)n2)cc1OC. The van der Waals surface area contributed by atoms with E-state index in [0.717, 1.165) is 5.56 Å². The molecule has 0 radical (unpaired) electrons. The van der Waals surface area contributed by atoms with Crippen molar-refractivity contribution in [1.82, 2.24) is 15.2 Å². The van der Waals surface area contributed by atoms with E-state index in [0.29, 0.717) is 28.9 Å². The molecule has 0 aliphatic heterocycles. The standard InChI is InChI=1S/C18H19N5O5/c1-26-14-7-6-11(8-15(14)27-2)17(19)18-20-16(21-22-18)10-28-13-5-3-4-12(9-13)23(24)25/h3-9,17H,10,19H2,1-2H3,(H,20,21,22)/t17-/m0/s1. The third-order valence-electron chi connectivity index (χ3n) is 4.00. The fourth-order valence-electron chi connectivity index (χ4n) is 2.55. The summed E-state index contributed by atoms with van der Waals surface area (Å²) < 4.78 is 16.0. The lowest BCUT2D eigenvalue weighted by atomic mass is 10.1. The lowest BCUT2D eigenvalue weighted by Crippen LogP contribution is -2.14. The topological polar surface area (TPSA) is 138 Å². The molecule has 3 aromatic rings. The number of nitrogens with zero attached hydrogens (tertiary/aromatic N) is 3. The summed E-state index contributed by atoms with van der Waals surface area (Å²) >= 11 is 0. The van der Waals surface area contributed by atoms with Gasteiger partial charge in [-0.2, -0.15) is 5.10 Å². The normalized spacial score (nSPS) is 11.7. The number of nitrogens with one attached hydrogen (secondary N) is 1. The van der Waals surface area contributed by atoms with Crippen LogP contribution in [0.15, 0.2) is 42.5 Å². The van der Waals surface area contributed by atoms with Gasteiger partial charge in [0.1, 0.15) is 12.4 Å². The smallest absolute Gasteiger partial charge is 0.273 e. The number of ether oxygens (including phenoxy) is 3. The van der Waals surface area contributed by atoms with Gasteiger partial charge in [-0.1, -0.05) is 12.1 Å². The van der Waals surface area contributed by atoms with Crippen molar-refractivity contribution in [2.75, 3.05) is 14.2 Å². The van der Waals surface area contributed by atoms with E-state index in [-0.39, 0.29) is 12.3 Å². The molecule has 0 aliphatic rings. The first-order valence-electron chi connectivity index (χ1n) is 8.27. The highest BCUT2D eigenvalue weighted by molar-refractivity contribution is 5.44. The molecule has 0 bridgehead atoms. The van der Waals surface area contributed by atoms with Crippen LogP contribution in [0, 0.1) is 10.1 Å². The second-order valence-electron chi connectivity index (χ2n) is 5.78. The zero-order valence-electron chi connectivity index (χ0n) is 15.3. The molecule has 0 aliphatic carbocycles. The Labute approximate surface area is 160 Å². The molecule has 146 valence electrons. The Bertz CT molecular complexity index is 975. The molecule has 1 heterocycles. The Morgan fingerprint density at radius 3 is 2.68 bits per heavy atom. The summed E-state index contributed by atoms with van der Waals surface area (Å²) in [4.78, 5) is 14.7. The largest absolute Gasteiger partial charge is 0.493 e. The number of methoxy groups -OCH3 is 2. The summed E-state index contributed by atoms with van der Waals surface area (Å²) in [5.74, 6) is 2.33. The molecular formula is C18H19N5O5. The van der Waals surface area contributed by atoms with Crippen LogP contribution in [0.3, 0.4) is 0 Å². The molecule has 10 heteroatoms. The Balaban J connectivity index is 1.70. The van der Waals surface area contributed by atoms with Gasteiger partial charge in [0.25, 0.3) is 5.69 Å². The van der Waals surface area contributed by atoms with Crippen molar-refractivity contribution in [1.29, 1.82) is 0 Å². The number of H-pyrrole nitrogens is 1. The third kappa shape index (κ3) is 4.18. The quantitative estimate of drug-likeness (QED) is 0.445. The minimum atomic E-state index is -0.581. The lowest BCUT2D eigenvalue weighted by molar-refractivity contribution is -0.384. The van der Waals surface area contributed by atoms with Crippen molar-refractivity contribution >= 4 is 5.69 Å². The van der Waals surface area contributed by atoms with Crippen molar-refractivity contribution in [2.45, 2.75) is 12.6 Å². The Morgan fingerprint density at radius 1 is 1.18 bits per heavy atom. The van der Waals surface area contributed by atoms with Crippen LogP contribution in [0.2, 0.25) is 0 Å². The van der Waals surface area contributed by atoms with Crippen LogP contribution >= 0.6 is 0 Å². The maximum absolute atomic E-state index is 10.8. The minimum Gasteiger partial charge on any atom is -0.493 e. The van der Waals surface area contributed by atoms with Gasteiger partial charge in [-0.15, -0.1) is 0 Å². The summed E-state index contributed by atoms with van der Waals surface area (Å²) in [5, 5.41) is 17.7. The van der Waals surface area contributed by atoms with E-state index in [4.69, 9.17) is 19.9 Å². The number of aromatic nitrogens is 3. The van der Waals surface area contributed by atoms with Gasteiger partial charge < -0.3 is 19.9 Å². The molecule has 1 atom stereocenters. The fraction of sp³-hybridized carbons (Fsp3) is 0.222. The van der Waals surface area contributed by atoms with E-state index in [1.807, 2.05) is 6.07 Å². The molecule has 10 nitrogen and oxygen atoms in total. The third-order valence-corrected chi connectivity index (χ3v) is 4.00. The van der Waals surface area contributed by atoms with Crippen molar-refractivity contribution in [2.24, 2.45) is 5.73 Å². The maximum atomic E-state index is 10.8. The van der Waals surface area contributed by atoms with Gasteiger partial charge >= 0.3 is 0 Å². The summed E-state index contributed by atoms with van der Waals surface area (Å²) in [6.07, 6.45) is 0. The molecule has 3 rings (SSSR count). The van der Waals surface area contributed by atoms with Crippen molar-refractivity contribution in [3.63, 3.8) is 0 Å². The van der Waals surface area contributed by atoms with Crippen LogP contribution in [0.1, 0.15) is 23.3 Å². The molecule has 0 saturated heterocycles. The summed E-state index contributed by atoms with van der Waals surface area (Å²) in [6.45, 7) is 0.0623. The first-order chi connectivity index (χ1) is 13.5. The maximum Gasteiger partial charge on any atom is 0.273 e. The molecule has 0 spiro atoms. The van der Waals surface area contributed by atoms with E-state index in [2.05, 4.69) is 15.2 Å². The molecular weight excluding hydrogens is 366 g/mol. The summed E-state index contributed by atoms with van der Waals surface area (Å²) in [6, 6.07) is 10.6. The lowest BCUT2D eigenvalue weighted by Gasteiger charge is -2.12. The number of rotatable bonds is 8. The zero-order chi connectivity index (χ0) is 20.1. The number of hydrogen-bond acceptors (Lipinski definition) is 8. The predicted octanol–water partition coefficient (Wildman–Crippen LogP) is 2.36. The van der Waals surface area contributed by atoms with Gasteiger partial charge in [-0.3, -0.25) is 15.2 Å². The first-order valence-corrected chi connectivity index (χ1v) is 8.27. The van der Waals surface area contributed by atoms with E-state index in [1.165, 1.54) is 12.1 Å². The number of nitrogens with two attached hydrogens (primary N) is 1. The molecule has 1 aromatic heterocycles. The predicted molar refractivity (Wildman–Crippen MR) is 99.4 cm³/mol. The van der Waals surface area contributed by atoms with E-state index in [9.17, 15) is 10.1 Å². The molecule has 0 unspecified atom stereocenters. The number of nitro benzene ring substituents is 1. The van der Waals surface area contributed by atoms with Gasteiger partial charge in [0.05, 0.1) is 31.3 Å². The Morgan fingerprint density at radius 2 is 1.96 bits per heavy atom. The average molecular weight is 385 g/mol. The van der Waals surface area contributed by atoms with E-state index < -0.39 is 11.0 Å². The van der Waals surface area contributed by atoms with E-state index in [1.54, 1.807) is 38.5 Å². The molecule has 2 aromatic carbocycles. The van der Waals surface area contributed by atoms with Crippen LogP contribution in [0.25, 0.3) is 0 Å². The second kappa shape index (κ2) is 8.35. The molecule has 0 saturated carbocycles. The first kappa shape index (κ1) is 19.1. The Hall–Kier alpha value is -3.66. The zero-order valence-corrected chi connectivity index (χ0v) is 15.3. The van der Waals surface area contributed by atoms with Crippen LogP contribution in [0.5, 0.6) is 17.2 Å². The van der Waals surface area contributed by atoms with Gasteiger partial charge in [-0.05, 0) is 23.8 Å². The highest BCUT2D eigenvalue weighted by Gasteiger charge is 2.17. The summed E-state index contributed by atoms with van der Waals surface area (Å²) in [7, 11) is 3.10. The number of non-ortho nitro benzene ring substituents is 1. The van der Waals surface area contributed by atoms with Crippen molar-refractivity contribution in [3.8, 4) is 17.2 Å².